The number of halogens is 1. The van der Waals surface area contributed by atoms with Gasteiger partial charge in [0.2, 0.25) is 5.91 Å². The number of nitrogens with one attached hydrogen (secondary N) is 1. The number of hydrogen-bond acceptors (Lipinski definition) is 6. The van der Waals surface area contributed by atoms with Crippen molar-refractivity contribution in [2.24, 2.45) is 5.73 Å². The first-order valence-corrected chi connectivity index (χ1v) is 11.3. The van der Waals surface area contributed by atoms with Crippen molar-refractivity contribution >= 4 is 40.6 Å². The largest absolute Gasteiger partial charge is 0.395 e. The van der Waals surface area contributed by atoms with E-state index in [4.69, 9.17) is 11.5 Å². The summed E-state index contributed by atoms with van der Waals surface area (Å²) < 4.78 is 17.6. The fourth-order valence-corrected chi connectivity index (χ4v) is 4.01. The highest BCUT2D eigenvalue weighted by molar-refractivity contribution is 7.09. The summed E-state index contributed by atoms with van der Waals surface area (Å²) in [5.41, 5.74) is 11.2. The second-order valence-corrected chi connectivity index (χ2v) is 9.10. The predicted molar refractivity (Wildman–Crippen MR) is 130 cm³/mol. The molecule has 1 aromatic heterocycles. The van der Waals surface area contributed by atoms with Crippen molar-refractivity contribution in [2.45, 2.75) is 38.8 Å². The fraction of sp³-hybridized carbons (Fsp3) is 0.250. The molecule has 0 aliphatic heterocycles. The van der Waals surface area contributed by atoms with Crippen molar-refractivity contribution in [2.75, 3.05) is 10.6 Å². The Morgan fingerprint density at radius 2 is 1.74 bits per heavy atom. The Bertz CT molecular complexity index is 1200. The number of nitrogens with two attached hydrogens (primary N) is 2. The maximum Gasteiger partial charge on any atom is 0.273 e. The quantitative estimate of drug-likeness (QED) is 0.450. The number of benzene rings is 2. The van der Waals surface area contributed by atoms with Gasteiger partial charge in [-0.3, -0.25) is 19.3 Å². The molecule has 3 amide bonds. The molecule has 0 saturated carbocycles. The molecule has 8 nitrogen and oxygen atoms in total. The van der Waals surface area contributed by atoms with Crippen molar-refractivity contribution < 1.29 is 18.8 Å². The van der Waals surface area contributed by atoms with Crippen LogP contribution in [0.25, 0.3) is 0 Å². The summed E-state index contributed by atoms with van der Waals surface area (Å²) in [6.07, 6.45) is 0.637. The summed E-state index contributed by atoms with van der Waals surface area (Å²) in [6.45, 7) is 5.65. The van der Waals surface area contributed by atoms with Gasteiger partial charge < -0.3 is 16.8 Å². The zero-order valence-corrected chi connectivity index (χ0v) is 19.9. The second kappa shape index (κ2) is 10.0. The molecule has 3 aromatic rings. The Kier molecular flexibility index (Phi) is 7.31. The van der Waals surface area contributed by atoms with Crippen molar-refractivity contribution in [1.82, 2.24) is 9.69 Å². The average molecular weight is 484 g/mol. The Balaban J connectivity index is 2.20. The van der Waals surface area contributed by atoms with Gasteiger partial charge in [-0.1, -0.05) is 37.3 Å². The van der Waals surface area contributed by atoms with E-state index in [9.17, 15) is 18.8 Å². The van der Waals surface area contributed by atoms with Crippen LogP contribution in [0.4, 0.5) is 15.8 Å². The van der Waals surface area contributed by atoms with Crippen molar-refractivity contribution in [3.05, 3.63) is 76.5 Å². The molecule has 1 atom stereocenters. The van der Waals surface area contributed by atoms with Gasteiger partial charge in [-0.2, -0.15) is 4.37 Å². The lowest BCUT2D eigenvalue weighted by Gasteiger charge is -2.34. The highest BCUT2D eigenvalue weighted by Gasteiger charge is 2.37. The van der Waals surface area contributed by atoms with E-state index in [2.05, 4.69) is 9.69 Å². The average Bonchev–Trinajstić information content (AvgIpc) is 3.19. The lowest BCUT2D eigenvalue weighted by atomic mass is 9.98. The van der Waals surface area contributed by atoms with Crippen LogP contribution in [0, 0.1) is 5.82 Å². The molecule has 0 aliphatic carbocycles. The van der Waals surface area contributed by atoms with E-state index in [1.807, 2.05) is 20.8 Å². The van der Waals surface area contributed by atoms with Crippen LogP contribution in [-0.4, -0.2) is 27.6 Å². The van der Waals surface area contributed by atoms with Crippen molar-refractivity contribution in [1.29, 1.82) is 0 Å². The molecule has 0 fully saturated rings. The van der Waals surface area contributed by atoms with Crippen LogP contribution in [0.1, 0.15) is 59.0 Å². The molecule has 2 aromatic carbocycles. The van der Waals surface area contributed by atoms with Crippen LogP contribution in [0.15, 0.2) is 54.6 Å². The normalized spacial score (nSPS) is 12.1. The number of hydrogen-bond donors (Lipinski definition) is 3. The summed E-state index contributed by atoms with van der Waals surface area (Å²) in [4.78, 5) is 40.3. The molecular formula is C24H26FN5O3S. The Hall–Kier alpha value is -3.79. The number of carbonyl (C=O) groups is 3. The van der Waals surface area contributed by atoms with E-state index in [0.29, 0.717) is 17.7 Å². The van der Waals surface area contributed by atoms with Gasteiger partial charge in [0.15, 0.2) is 5.69 Å². The zero-order valence-electron chi connectivity index (χ0n) is 19.0. The second-order valence-electron chi connectivity index (χ2n) is 8.33. The minimum absolute atomic E-state index is 0.0349. The van der Waals surface area contributed by atoms with Crippen LogP contribution in [0.3, 0.4) is 0 Å². The highest BCUT2D eigenvalue weighted by atomic mass is 32.1. The number of rotatable bonds is 8. The third-order valence-corrected chi connectivity index (χ3v) is 6.30. The van der Waals surface area contributed by atoms with Gasteiger partial charge >= 0.3 is 0 Å². The Morgan fingerprint density at radius 1 is 1.12 bits per heavy atom. The van der Waals surface area contributed by atoms with Crippen molar-refractivity contribution in [3.8, 4) is 0 Å². The van der Waals surface area contributed by atoms with E-state index in [1.165, 1.54) is 29.2 Å². The van der Waals surface area contributed by atoms with Gasteiger partial charge in [0.05, 0.1) is 5.69 Å². The first-order chi connectivity index (χ1) is 16.1. The van der Waals surface area contributed by atoms with E-state index in [0.717, 1.165) is 11.5 Å². The number of anilines is 2. The monoisotopic (exact) mass is 483 g/mol. The van der Waals surface area contributed by atoms with Gasteiger partial charge in [-0.15, -0.1) is 0 Å². The molecule has 0 radical (unpaired) electrons. The van der Waals surface area contributed by atoms with Gasteiger partial charge in [0.1, 0.15) is 16.7 Å². The molecular weight excluding hydrogens is 457 g/mol. The summed E-state index contributed by atoms with van der Waals surface area (Å²) >= 11 is 0.721. The molecule has 0 spiro atoms. The molecule has 0 saturated heterocycles. The third kappa shape index (κ3) is 5.23. The Morgan fingerprint density at radius 3 is 2.26 bits per heavy atom. The van der Waals surface area contributed by atoms with E-state index in [-0.39, 0.29) is 16.3 Å². The lowest BCUT2D eigenvalue weighted by molar-refractivity contribution is -0.124. The molecule has 0 bridgehead atoms. The van der Waals surface area contributed by atoms with E-state index in [1.54, 1.807) is 30.3 Å². The van der Waals surface area contributed by atoms with Crippen LogP contribution in [0.2, 0.25) is 0 Å². The lowest BCUT2D eigenvalue weighted by Crippen LogP contribution is -2.50. The smallest absolute Gasteiger partial charge is 0.273 e. The summed E-state index contributed by atoms with van der Waals surface area (Å²) in [7, 11) is 0. The number of para-hydroxylation sites is 1. The predicted octanol–water partition coefficient (Wildman–Crippen LogP) is 3.66. The summed E-state index contributed by atoms with van der Waals surface area (Å²) in [5.74, 6) is -2.45. The number of nitrogens with zero attached hydrogens (tertiary/aromatic N) is 2. The molecule has 5 N–H and O–H groups in total. The maximum absolute atomic E-state index is 13.8. The van der Waals surface area contributed by atoms with Crippen LogP contribution < -0.4 is 21.7 Å². The highest BCUT2D eigenvalue weighted by Crippen LogP contribution is 2.33. The zero-order chi connectivity index (χ0) is 25.0. The number of amides is 3. The first-order valence-electron chi connectivity index (χ1n) is 10.6. The molecule has 10 heteroatoms. The number of aromatic nitrogens is 1. The maximum atomic E-state index is 13.8. The molecule has 34 heavy (non-hydrogen) atoms. The summed E-state index contributed by atoms with van der Waals surface area (Å²) in [6, 6.07) is 12.7. The molecule has 3 rings (SSSR count). The van der Waals surface area contributed by atoms with Crippen molar-refractivity contribution in [3.63, 3.8) is 0 Å². The first kappa shape index (κ1) is 24.8. The van der Waals surface area contributed by atoms with Gasteiger partial charge in [0.25, 0.3) is 11.8 Å². The standard InChI is InChI=1S/C24H26FN5O3S/c1-4-24(2,3)28-22(32)19(14-10-12-15(25)13-11-14)30(16-8-6-5-7-9-16)23(33)20-17(26)18(21(27)31)29-34-20/h5-13,19H,4,26H2,1-3H3,(H2,27,31)(H,28,32)/t19-/m0/s1. The molecule has 1 heterocycles. The number of nitrogen functional groups attached to an aromatic ring is 1. The number of primary amides is 1. The van der Waals surface area contributed by atoms with Gasteiger partial charge in [-0.05, 0) is 61.6 Å². The van der Waals surface area contributed by atoms with Gasteiger partial charge in [-0.25, -0.2) is 4.39 Å². The molecule has 178 valence electrons. The van der Waals surface area contributed by atoms with Crippen LogP contribution in [0.5, 0.6) is 0 Å². The summed E-state index contributed by atoms with van der Waals surface area (Å²) in [5, 5.41) is 2.97. The minimum atomic E-state index is -1.17. The molecule has 0 unspecified atom stereocenters. The van der Waals surface area contributed by atoms with Crippen LogP contribution >= 0.6 is 11.5 Å². The fourth-order valence-electron chi connectivity index (χ4n) is 3.26. The third-order valence-electron chi connectivity index (χ3n) is 5.45. The Labute approximate surface area is 200 Å². The number of carbonyl (C=O) groups excluding carboxylic acids is 3. The van der Waals surface area contributed by atoms with Gasteiger partial charge in [0, 0.05) is 11.2 Å². The van der Waals surface area contributed by atoms with E-state index >= 15 is 0 Å². The minimum Gasteiger partial charge on any atom is -0.395 e. The molecule has 0 aliphatic rings. The topological polar surface area (TPSA) is 131 Å². The van der Waals surface area contributed by atoms with Crippen LogP contribution in [-0.2, 0) is 4.79 Å². The van der Waals surface area contributed by atoms with E-state index < -0.39 is 35.1 Å². The SMILES string of the molecule is CCC(C)(C)NC(=O)[C@H](c1ccc(F)cc1)N(C(=O)c1snc(C(N)=O)c1N)c1ccccc1.